The molecule has 0 spiro atoms. The molecule has 1 aliphatic carbocycles. The molecule has 0 radical (unpaired) electrons. The summed E-state index contributed by atoms with van der Waals surface area (Å²) in [5.41, 5.74) is 8.58. The summed E-state index contributed by atoms with van der Waals surface area (Å²) in [6.07, 6.45) is 6.59. The summed E-state index contributed by atoms with van der Waals surface area (Å²) in [5.74, 6) is 0.961. The zero-order valence-corrected chi connectivity index (χ0v) is 10.8. The van der Waals surface area contributed by atoms with Crippen LogP contribution in [0.3, 0.4) is 0 Å². The number of hydrogen-bond donors (Lipinski definition) is 2. The third-order valence-electron chi connectivity index (χ3n) is 3.95. The number of aromatic amines is 1. The highest BCUT2D eigenvalue weighted by atomic mass is 15.3. The first-order valence-electron chi connectivity index (χ1n) is 6.72. The second kappa shape index (κ2) is 4.52. The molecule has 1 heterocycles. The van der Waals surface area contributed by atoms with Gasteiger partial charge >= 0.3 is 0 Å². The number of H-pyrrole nitrogens is 1. The van der Waals surface area contributed by atoms with Crippen LogP contribution in [-0.4, -0.2) is 23.1 Å². The van der Waals surface area contributed by atoms with E-state index >= 15 is 0 Å². The minimum absolute atomic E-state index is 0.622. The lowest BCUT2D eigenvalue weighted by molar-refractivity contribution is 0.425. The molecule has 4 nitrogen and oxygen atoms in total. The molecule has 1 saturated carbocycles. The first-order chi connectivity index (χ1) is 8.74. The Morgan fingerprint density at radius 1 is 1.28 bits per heavy atom. The smallest absolute Gasteiger partial charge is 0.203 e. The molecule has 3 rings (SSSR count). The van der Waals surface area contributed by atoms with Crippen LogP contribution in [0.15, 0.2) is 18.2 Å². The zero-order valence-electron chi connectivity index (χ0n) is 10.8. The number of rotatable bonds is 2. The number of nitrogens with zero attached hydrogens (tertiary/aromatic N) is 2. The first-order valence-corrected chi connectivity index (χ1v) is 6.72. The molecule has 1 aromatic heterocycles. The van der Waals surface area contributed by atoms with E-state index in [-0.39, 0.29) is 0 Å². The molecule has 1 fully saturated rings. The van der Waals surface area contributed by atoms with Crippen molar-refractivity contribution < 1.29 is 0 Å². The van der Waals surface area contributed by atoms with E-state index in [1.807, 2.05) is 18.2 Å². The van der Waals surface area contributed by atoms with Crippen molar-refractivity contribution in [2.45, 2.75) is 38.1 Å². The van der Waals surface area contributed by atoms with Gasteiger partial charge in [-0.3, -0.25) is 0 Å². The van der Waals surface area contributed by atoms with Gasteiger partial charge in [-0.2, -0.15) is 0 Å². The van der Waals surface area contributed by atoms with Crippen molar-refractivity contribution in [2.75, 3.05) is 17.7 Å². The number of anilines is 2. The first kappa shape index (κ1) is 11.4. The SMILES string of the molecule is CN(c1nc2ccc(N)cc2[nH]1)C1CCCCC1. The molecule has 0 saturated heterocycles. The maximum atomic E-state index is 5.79. The van der Waals surface area contributed by atoms with Gasteiger partial charge in [0.05, 0.1) is 11.0 Å². The van der Waals surface area contributed by atoms with E-state index in [2.05, 4.69) is 21.9 Å². The average molecular weight is 244 g/mol. The Bertz CT molecular complexity index is 540. The lowest BCUT2D eigenvalue weighted by Crippen LogP contribution is -2.33. The van der Waals surface area contributed by atoms with E-state index in [1.54, 1.807) is 0 Å². The maximum Gasteiger partial charge on any atom is 0.203 e. The number of nitrogens with two attached hydrogens (primary N) is 1. The summed E-state index contributed by atoms with van der Waals surface area (Å²) in [6.45, 7) is 0. The number of fused-ring (bicyclic) bond motifs is 1. The van der Waals surface area contributed by atoms with Gasteiger partial charge in [-0.1, -0.05) is 19.3 Å². The maximum absolute atomic E-state index is 5.79. The van der Waals surface area contributed by atoms with Gasteiger partial charge in [0, 0.05) is 18.8 Å². The van der Waals surface area contributed by atoms with Gasteiger partial charge in [-0.05, 0) is 31.0 Å². The van der Waals surface area contributed by atoms with Crippen LogP contribution in [0.4, 0.5) is 11.6 Å². The molecule has 4 heteroatoms. The molecule has 0 bridgehead atoms. The van der Waals surface area contributed by atoms with Crippen molar-refractivity contribution in [3.63, 3.8) is 0 Å². The number of nitrogens with one attached hydrogen (secondary N) is 1. The fraction of sp³-hybridized carbons (Fsp3) is 0.500. The minimum Gasteiger partial charge on any atom is -0.399 e. The molecular weight excluding hydrogens is 224 g/mol. The normalized spacial score (nSPS) is 17.2. The van der Waals surface area contributed by atoms with Crippen molar-refractivity contribution in [2.24, 2.45) is 0 Å². The van der Waals surface area contributed by atoms with Gasteiger partial charge < -0.3 is 15.6 Å². The molecule has 0 aliphatic heterocycles. The van der Waals surface area contributed by atoms with Crippen molar-refractivity contribution in [3.05, 3.63) is 18.2 Å². The van der Waals surface area contributed by atoms with Crippen LogP contribution in [0.5, 0.6) is 0 Å². The highest BCUT2D eigenvalue weighted by Crippen LogP contribution is 2.26. The Morgan fingerprint density at radius 2 is 2.06 bits per heavy atom. The van der Waals surface area contributed by atoms with Crippen molar-refractivity contribution in [1.82, 2.24) is 9.97 Å². The second-order valence-electron chi connectivity index (χ2n) is 5.24. The van der Waals surface area contributed by atoms with E-state index in [0.29, 0.717) is 6.04 Å². The van der Waals surface area contributed by atoms with Crippen LogP contribution in [0.2, 0.25) is 0 Å². The second-order valence-corrected chi connectivity index (χ2v) is 5.24. The van der Waals surface area contributed by atoms with E-state index in [1.165, 1.54) is 32.1 Å². The summed E-state index contributed by atoms with van der Waals surface area (Å²) < 4.78 is 0. The van der Waals surface area contributed by atoms with Crippen LogP contribution in [0, 0.1) is 0 Å². The quantitative estimate of drug-likeness (QED) is 0.799. The third-order valence-corrected chi connectivity index (χ3v) is 3.95. The number of aromatic nitrogens is 2. The van der Waals surface area contributed by atoms with Crippen LogP contribution >= 0.6 is 0 Å². The van der Waals surface area contributed by atoms with Gasteiger partial charge in [-0.15, -0.1) is 0 Å². The molecule has 1 aliphatic rings. The summed E-state index contributed by atoms with van der Waals surface area (Å²) in [5, 5.41) is 0. The third kappa shape index (κ3) is 2.03. The predicted octanol–water partition coefficient (Wildman–Crippen LogP) is 2.91. The molecule has 3 N–H and O–H groups in total. The van der Waals surface area contributed by atoms with E-state index in [4.69, 9.17) is 5.73 Å². The largest absolute Gasteiger partial charge is 0.399 e. The van der Waals surface area contributed by atoms with E-state index in [0.717, 1.165) is 22.7 Å². The lowest BCUT2D eigenvalue weighted by Gasteiger charge is -2.30. The molecule has 1 aromatic carbocycles. The summed E-state index contributed by atoms with van der Waals surface area (Å²) >= 11 is 0. The average Bonchev–Trinajstić information content (AvgIpc) is 2.81. The summed E-state index contributed by atoms with van der Waals surface area (Å²) in [6, 6.07) is 6.43. The molecule has 18 heavy (non-hydrogen) atoms. The van der Waals surface area contributed by atoms with Gasteiger partial charge in [-0.25, -0.2) is 4.98 Å². The number of imidazole rings is 1. The lowest BCUT2D eigenvalue weighted by atomic mass is 9.95. The molecule has 0 atom stereocenters. The fourth-order valence-corrected chi connectivity index (χ4v) is 2.82. The Balaban J connectivity index is 1.88. The van der Waals surface area contributed by atoms with Crippen molar-refractivity contribution in [3.8, 4) is 0 Å². The van der Waals surface area contributed by atoms with Crippen molar-refractivity contribution in [1.29, 1.82) is 0 Å². The van der Waals surface area contributed by atoms with Gasteiger partial charge in [0.15, 0.2) is 0 Å². The van der Waals surface area contributed by atoms with E-state index in [9.17, 15) is 0 Å². The number of benzene rings is 1. The molecule has 0 amide bonds. The number of nitrogen functional groups attached to an aromatic ring is 1. The molecule has 2 aromatic rings. The molecule has 0 unspecified atom stereocenters. The van der Waals surface area contributed by atoms with Gasteiger partial charge in [0.25, 0.3) is 0 Å². The van der Waals surface area contributed by atoms with Gasteiger partial charge in [0.2, 0.25) is 5.95 Å². The van der Waals surface area contributed by atoms with Crippen LogP contribution in [0.25, 0.3) is 11.0 Å². The molecule has 96 valence electrons. The van der Waals surface area contributed by atoms with Crippen LogP contribution in [-0.2, 0) is 0 Å². The Labute approximate surface area is 107 Å². The highest BCUT2D eigenvalue weighted by molar-refractivity contribution is 5.80. The Morgan fingerprint density at radius 3 is 2.83 bits per heavy atom. The highest BCUT2D eigenvalue weighted by Gasteiger charge is 2.20. The minimum atomic E-state index is 0.622. The zero-order chi connectivity index (χ0) is 12.5. The van der Waals surface area contributed by atoms with E-state index < -0.39 is 0 Å². The summed E-state index contributed by atoms with van der Waals surface area (Å²) in [4.78, 5) is 10.3. The van der Waals surface area contributed by atoms with Crippen LogP contribution < -0.4 is 10.6 Å². The monoisotopic (exact) mass is 244 g/mol. The van der Waals surface area contributed by atoms with Crippen LogP contribution in [0.1, 0.15) is 32.1 Å². The van der Waals surface area contributed by atoms with Crippen molar-refractivity contribution >= 4 is 22.7 Å². The number of hydrogen-bond acceptors (Lipinski definition) is 3. The Kier molecular flexibility index (Phi) is 2.86. The fourth-order valence-electron chi connectivity index (χ4n) is 2.82. The predicted molar refractivity (Wildman–Crippen MR) is 75.8 cm³/mol. The Hall–Kier alpha value is -1.71. The summed E-state index contributed by atoms with van der Waals surface area (Å²) in [7, 11) is 2.14. The van der Waals surface area contributed by atoms with Gasteiger partial charge in [0.1, 0.15) is 0 Å². The standard InChI is InChI=1S/C14H20N4/c1-18(11-5-3-2-4-6-11)14-16-12-8-7-10(15)9-13(12)17-14/h7-9,11H,2-6,15H2,1H3,(H,16,17). The molecular formula is C14H20N4. The topological polar surface area (TPSA) is 57.9 Å².